The highest BCUT2D eigenvalue weighted by Gasteiger charge is 2.28. The predicted octanol–water partition coefficient (Wildman–Crippen LogP) is 3.00. The van der Waals surface area contributed by atoms with Crippen molar-refractivity contribution in [2.45, 2.75) is 44.6 Å². The summed E-state index contributed by atoms with van der Waals surface area (Å²) in [6.45, 7) is 4.69. The van der Waals surface area contributed by atoms with Gasteiger partial charge in [-0.3, -0.25) is 9.19 Å². The first-order valence-electron chi connectivity index (χ1n) is 8.75. The number of pyridine rings is 1. The number of hydrogen-bond donors (Lipinski definition) is 2. The Kier molecular flexibility index (Phi) is 7.38. The molecular formula is C19H28N2O3S. The van der Waals surface area contributed by atoms with Crippen molar-refractivity contribution in [3.05, 3.63) is 42.1 Å². The third kappa shape index (κ3) is 5.51. The van der Waals surface area contributed by atoms with Crippen molar-refractivity contribution in [3.8, 4) is 0 Å². The Morgan fingerprint density at radius 2 is 2.20 bits per heavy atom. The van der Waals surface area contributed by atoms with Crippen LogP contribution in [0.1, 0.15) is 32.3 Å². The van der Waals surface area contributed by atoms with Gasteiger partial charge in [0.05, 0.1) is 17.7 Å². The minimum absolute atomic E-state index is 0.0997. The Morgan fingerprint density at radius 1 is 1.44 bits per heavy atom. The van der Waals surface area contributed by atoms with Gasteiger partial charge in [-0.05, 0) is 45.9 Å². The number of para-hydroxylation sites is 1. The van der Waals surface area contributed by atoms with Gasteiger partial charge in [0.15, 0.2) is 0 Å². The Bertz CT molecular complexity index is 771. The average Bonchev–Trinajstić information content (AvgIpc) is 3.15. The van der Waals surface area contributed by atoms with Crippen LogP contribution in [0.4, 0.5) is 0 Å². The lowest BCUT2D eigenvalue weighted by molar-refractivity contribution is 0.0283. The van der Waals surface area contributed by atoms with E-state index >= 15 is 0 Å². The largest absolute Gasteiger partial charge is 0.376 e. The maximum atomic E-state index is 12.9. The maximum absolute atomic E-state index is 12.9. The topological polar surface area (TPSA) is 71.5 Å². The van der Waals surface area contributed by atoms with E-state index < -0.39 is 9.52 Å². The molecule has 6 heteroatoms. The number of nitrogens with one attached hydrogen (secondary N) is 1. The van der Waals surface area contributed by atoms with Crippen LogP contribution in [0.15, 0.2) is 36.5 Å². The van der Waals surface area contributed by atoms with Gasteiger partial charge in [-0.15, -0.1) is 0 Å². The summed E-state index contributed by atoms with van der Waals surface area (Å²) >= 11 is 0. The highest BCUT2D eigenvalue weighted by molar-refractivity contribution is 7.99. The number of aromatic nitrogens is 1. The van der Waals surface area contributed by atoms with Gasteiger partial charge in [0.1, 0.15) is 0 Å². The fraction of sp³-hybridized carbons (Fsp3) is 0.474. The minimum atomic E-state index is -2.39. The molecule has 0 aliphatic carbocycles. The molecule has 1 aliphatic heterocycles. The molecule has 2 N–H and O–H groups in total. The fourth-order valence-corrected chi connectivity index (χ4v) is 4.86. The van der Waals surface area contributed by atoms with Crippen LogP contribution in [0, 0.1) is 0 Å². The number of rotatable bonds is 6. The molecule has 0 saturated carbocycles. The standard InChI is InChI=1S/C17H22N2O3S.C2H6/c1-23(21,12-16(19-20)17-7-4-8-22-17)11-13-9-14-5-2-3-6-15(14)18-10-13;1-2/h2-3,5-6,9-10,16-17,19-20H,1,4,7-8,11-12H2;1-2H3. The molecule has 0 radical (unpaired) electrons. The summed E-state index contributed by atoms with van der Waals surface area (Å²) in [6, 6.07) is 9.48. The lowest BCUT2D eigenvalue weighted by Crippen LogP contribution is -2.43. The van der Waals surface area contributed by atoms with Crippen LogP contribution in [0.25, 0.3) is 10.9 Å². The molecule has 25 heavy (non-hydrogen) atoms. The van der Waals surface area contributed by atoms with Crippen molar-refractivity contribution >= 4 is 26.3 Å². The molecule has 1 aromatic carbocycles. The lowest BCUT2D eigenvalue weighted by Gasteiger charge is -2.23. The van der Waals surface area contributed by atoms with Crippen LogP contribution in [0.5, 0.6) is 0 Å². The summed E-state index contributed by atoms with van der Waals surface area (Å²) in [7, 11) is -2.39. The summed E-state index contributed by atoms with van der Waals surface area (Å²) in [5, 5.41) is 10.4. The molecular weight excluding hydrogens is 336 g/mol. The van der Waals surface area contributed by atoms with Gasteiger partial charge in [-0.2, -0.15) is 5.48 Å². The van der Waals surface area contributed by atoms with Gasteiger partial charge in [0, 0.05) is 29.7 Å². The van der Waals surface area contributed by atoms with Crippen LogP contribution in [0.2, 0.25) is 0 Å². The quantitative estimate of drug-likeness (QED) is 0.609. The molecule has 0 amide bonds. The monoisotopic (exact) mass is 364 g/mol. The Balaban J connectivity index is 0.00000109. The van der Waals surface area contributed by atoms with E-state index in [2.05, 4.69) is 16.3 Å². The van der Waals surface area contributed by atoms with Crippen LogP contribution >= 0.6 is 0 Å². The molecule has 3 rings (SSSR count). The third-order valence-electron chi connectivity index (χ3n) is 4.14. The molecule has 2 heterocycles. The van der Waals surface area contributed by atoms with Crippen molar-refractivity contribution in [2.75, 3.05) is 12.4 Å². The second-order valence-corrected chi connectivity index (χ2v) is 8.65. The van der Waals surface area contributed by atoms with Crippen LogP contribution in [0.3, 0.4) is 0 Å². The molecule has 1 aromatic heterocycles. The number of hydroxylamine groups is 1. The summed E-state index contributed by atoms with van der Waals surface area (Å²) in [5.41, 5.74) is 4.07. The molecule has 2 aromatic rings. The van der Waals surface area contributed by atoms with Gasteiger partial charge in [0.25, 0.3) is 0 Å². The number of benzene rings is 1. The molecule has 0 spiro atoms. The molecule has 3 atom stereocenters. The van der Waals surface area contributed by atoms with Crippen LogP contribution in [-0.2, 0) is 20.0 Å². The molecule has 138 valence electrons. The molecule has 1 aliphatic rings. The maximum Gasteiger partial charge on any atom is 0.0760 e. The van der Waals surface area contributed by atoms with E-state index in [1.54, 1.807) is 6.20 Å². The number of fused-ring (bicyclic) bond motifs is 1. The Labute approximate surface area is 150 Å². The Hall–Kier alpha value is -1.47. The molecule has 5 nitrogen and oxygen atoms in total. The van der Waals surface area contributed by atoms with E-state index in [1.807, 2.05) is 44.2 Å². The third-order valence-corrected chi connectivity index (χ3v) is 5.97. The number of ether oxygens (including phenoxy) is 1. The van der Waals surface area contributed by atoms with E-state index in [0.29, 0.717) is 12.4 Å². The number of hydrogen-bond acceptors (Lipinski definition) is 5. The van der Waals surface area contributed by atoms with Gasteiger partial charge in [-0.25, -0.2) is 0 Å². The molecule has 1 saturated heterocycles. The van der Waals surface area contributed by atoms with E-state index in [0.717, 1.165) is 29.3 Å². The van der Waals surface area contributed by atoms with E-state index in [4.69, 9.17) is 4.74 Å². The van der Waals surface area contributed by atoms with Gasteiger partial charge in [0.2, 0.25) is 0 Å². The first-order valence-corrected chi connectivity index (χ1v) is 10.8. The summed E-state index contributed by atoms with van der Waals surface area (Å²) in [6.07, 6.45) is 3.49. The zero-order valence-corrected chi connectivity index (χ0v) is 15.8. The second-order valence-electron chi connectivity index (χ2n) is 6.10. The summed E-state index contributed by atoms with van der Waals surface area (Å²) < 4.78 is 18.4. The zero-order valence-electron chi connectivity index (χ0n) is 15.0. The van der Waals surface area contributed by atoms with Crippen molar-refractivity contribution in [2.24, 2.45) is 0 Å². The van der Waals surface area contributed by atoms with Crippen molar-refractivity contribution in [3.63, 3.8) is 0 Å². The molecule has 1 fully saturated rings. The van der Waals surface area contributed by atoms with Crippen molar-refractivity contribution < 1.29 is 14.2 Å². The van der Waals surface area contributed by atoms with Crippen molar-refractivity contribution in [1.29, 1.82) is 0 Å². The predicted molar refractivity (Wildman–Crippen MR) is 105 cm³/mol. The highest BCUT2D eigenvalue weighted by atomic mass is 32.2. The van der Waals surface area contributed by atoms with E-state index in [1.165, 1.54) is 0 Å². The number of nitrogens with zero attached hydrogens (tertiary/aromatic N) is 1. The van der Waals surface area contributed by atoms with Gasteiger partial charge < -0.3 is 9.94 Å². The smallest absolute Gasteiger partial charge is 0.0760 e. The first kappa shape index (κ1) is 19.8. The van der Waals surface area contributed by atoms with E-state index in [9.17, 15) is 9.42 Å². The average molecular weight is 365 g/mol. The fourth-order valence-electron chi connectivity index (χ4n) is 3.03. The second kappa shape index (κ2) is 9.29. The highest BCUT2D eigenvalue weighted by Crippen LogP contribution is 2.19. The zero-order chi connectivity index (χ0) is 18.3. The normalized spacial score (nSPS) is 20.5. The Morgan fingerprint density at radius 3 is 2.88 bits per heavy atom. The van der Waals surface area contributed by atoms with Crippen LogP contribution in [-0.4, -0.2) is 44.8 Å². The van der Waals surface area contributed by atoms with Crippen LogP contribution < -0.4 is 5.48 Å². The van der Waals surface area contributed by atoms with E-state index in [-0.39, 0.29) is 17.9 Å². The molecule has 0 bridgehead atoms. The van der Waals surface area contributed by atoms with Crippen molar-refractivity contribution in [1.82, 2.24) is 10.5 Å². The SMILES string of the molecule is C=S(=O)(Cc1cnc2ccccc2c1)CC(NO)C1CCCO1.CC. The molecule has 3 unspecified atom stereocenters. The minimum Gasteiger partial charge on any atom is -0.376 e. The summed E-state index contributed by atoms with van der Waals surface area (Å²) in [4.78, 5) is 4.40. The lowest BCUT2D eigenvalue weighted by atomic mass is 10.1. The summed E-state index contributed by atoms with van der Waals surface area (Å²) in [5.74, 6) is 4.52. The van der Waals surface area contributed by atoms with Gasteiger partial charge >= 0.3 is 0 Å². The first-order chi connectivity index (χ1) is 12.1. The van der Waals surface area contributed by atoms with Gasteiger partial charge in [-0.1, -0.05) is 32.0 Å².